The van der Waals surface area contributed by atoms with Crippen LogP contribution in [0, 0.1) is 0 Å². The Labute approximate surface area is 112 Å². The van der Waals surface area contributed by atoms with Crippen molar-refractivity contribution in [1.82, 2.24) is 4.57 Å². The first-order chi connectivity index (χ1) is 7.91. The second-order valence-corrected chi connectivity index (χ2v) is 5.85. The molecule has 0 fully saturated rings. The fraction of sp³-hybridized carbons (Fsp3) is 0.286. The normalized spacial score (nSPS) is 11.8. The van der Waals surface area contributed by atoms with Gasteiger partial charge in [0.15, 0.2) is 0 Å². The Morgan fingerprint density at radius 1 is 1.00 bits per heavy atom. The number of nitrogens with zero attached hydrogens (tertiary/aromatic N) is 1. The Balaban J connectivity index is 2.69. The lowest BCUT2D eigenvalue weighted by Crippen LogP contribution is -2.16. The lowest BCUT2D eigenvalue weighted by atomic mass is 9.92. The van der Waals surface area contributed by atoms with Gasteiger partial charge in [0.25, 0.3) is 0 Å². The fourth-order valence-corrected chi connectivity index (χ4v) is 2.27. The van der Waals surface area contributed by atoms with Gasteiger partial charge >= 0.3 is 0 Å². The summed E-state index contributed by atoms with van der Waals surface area (Å²) in [5, 5.41) is 1.17. The molecule has 2 rings (SSSR count). The van der Waals surface area contributed by atoms with Crippen molar-refractivity contribution in [2.45, 2.75) is 26.2 Å². The summed E-state index contributed by atoms with van der Waals surface area (Å²) in [5.41, 5.74) is 2.14. The van der Waals surface area contributed by atoms with Crippen LogP contribution in [0.4, 0.5) is 0 Å². The minimum Gasteiger partial charge on any atom is -0.303 e. The van der Waals surface area contributed by atoms with Crippen LogP contribution in [0.3, 0.4) is 0 Å². The van der Waals surface area contributed by atoms with Crippen LogP contribution in [0.15, 0.2) is 36.4 Å². The van der Waals surface area contributed by atoms with Crippen molar-refractivity contribution in [3.8, 4) is 5.69 Å². The van der Waals surface area contributed by atoms with Gasteiger partial charge in [0.2, 0.25) is 0 Å². The van der Waals surface area contributed by atoms with E-state index in [1.165, 1.54) is 0 Å². The third kappa shape index (κ3) is 2.36. The van der Waals surface area contributed by atoms with Crippen LogP contribution in [-0.4, -0.2) is 4.57 Å². The first-order valence-electron chi connectivity index (χ1n) is 5.54. The van der Waals surface area contributed by atoms with Gasteiger partial charge in [-0.05, 0) is 18.2 Å². The SMILES string of the molecule is CC(C)(C)c1cc(Cl)c(Cl)n1-c1ccccc1. The molecule has 0 saturated heterocycles. The number of halogens is 2. The topological polar surface area (TPSA) is 4.93 Å². The van der Waals surface area contributed by atoms with Gasteiger partial charge in [-0.1, -0.05) is 62.2 Å². The summed E-state index contributed by atoms with van der Waals surface area (Å²) in [7, 11) is 0. The second kappa shape index (κ2) is 4.40. The van der Waals surface area contributed by atoms with Crippen molar-refractivity contribution in [3.63, 3.8) is 0 Å². The Morgan fingerprint density at radius 2 is 1.59 bits per heavy atom. The molecule has 1 aromatic heterocycles. The van der Waals surface area contributed by atoms with Crippen LogP contribution in [0.2, 0.25) is 10.2 Å². The summed E-state index contributed by atoms with van der Waals surface area (Å²) >= 11 is 12.4. The summed E-state index contributed by atoms with van der Waals surface area (Å²) in [5.74, 6) is 0. The molecule has 0 atom stereocenters. The standard InChI is InChI=1S/C14H15Cl2N/c1-14(2,3)12-9-11(15)13(16)17(12)10-7-5-4-6-8-10/h4-9H,1-3H3. The van der Waals surface area contributed by atoms with Gasteiger partial charge in [0.1, 0.15) is 5.15 Å². The highest BCUT2D eigenvalue weighted by Crippen LogP contribution is 2.35. The predicted octanol–water partition coefficient (Wildman–Crippen LogP) is 5.08. The summed E-state index contributed by atoms with van der Waals surface area (Å²) in [4.78, 5) is 0. The van der Waals surface area contributed by atoms with E-state index in [2.05, 4.69) is 20.8 Å². The van der Waals surface area contributed by atoms with Gasteiger partial charge in [-0.25, -0.2) is 0 Å². The maximum atomic E-state index is 6.29. The van der Waals surface area contributed by atoms with Crippen LogP contribution >= 0.6 is 23.2 Å². The van der Waals surface area contributed by atoms with Crippen LogP contribution < -0.4 is 0 Å². The van der Waals surface area contributed by atoms with E-state index in [0.29, 0.717) is 10.2 Å². The van der Waals surface area contributed by atoms with Crippen molar-refractivity contribution in [1.29, 1.82) is 0 Å². The van der Waals surface area contributed by atoms with Gasteiger partial charge in [-0.3, -0.25) is 0 Å². The molecule has 0 saturated carbocycles. The van der Waals surface area contributed by atoms with Gasteiger partial charge in [-0.15, -0.1) is 0 Å². The van der Waals surface area contributed by atoms with Gasteiger partial charge < -0.3 is 4.57 Å². The van der Waals surface area contributed by atoms with Crippen molar-refractivity contribution in [2.24, 2.45) is 0 Å². The molecule has 0 bridgehead atoms. The quantitative estimate of drug-likeness (QED) is 0.679. The van der Waals surface area contributed by atoms with E-state index < -0.39 is 0 Å². The number of hydrogen-bond acceptors (Lipinski definition) is 0. The molecular weight excluding hydrogens is 253 g/mol. The number of rotatable bonds is 1. The van der Waals surface area contributed by atoms with Crippen molar-refractivity contribution < 1.29 is 0 Å². The third-order valence-electron chi connectivity index (χ3n) is 2.68. The molecule has 17 heavy (non-hydrogen) atoms. The predicted molar refractivity (Wildman–Crippen MR) is 74.5 cm³/mol. The van der Waals surface area contributed by atoms with Gasteiger partial charge in [-0.2, -0.15) is 0 Å². The average Bonchev–Trinajstić information content (AvgIpc) is 2.57. The molecule has 0 aliphatic rings. The van der Waals surface area contributed by atoms with Crippen LogP contribution in [0.25, 0.3) is 5.69 Å². The molecule has 0 aliphatic heterocycles. The van der Waals surface area contributed by atoms with E-state index in [1.54, 1.807) is 0 Å². The molecular formula is C14H15Cl2N. The summed E-state index contributed by atoms with van der Waals surface area (Å²) in [6.45, 7) is 6.44. The van der Waals surface area contributed by atoms with Gasteiger partial charge in [0.05, 0.1) is 5.02 Å². The van der Waals surface area contributed by atoms with Crippen molar-refractivity contribution in [3.05, 3.63) is 52.3 Å². The Hall–Kier alpha value is -0.920. The van der Waals surface area contributed by atoms with Crippen LogP contribution in [-0.2, 0) is 5.41 Å². The molecule has 3 heteroatoms. The number of para-hydroxylation sites is 1. The molecule has 1 aromatic carbocycles. The molecule has 1 nitrogen and oxygen atoms in total. The average molecular weight is 268 g/mol. The molecule has 1 heterocycles. The Morgan fingerprint density at radius 3 is 2.12 bits per heavy atom. The highest BCUT2D eigenvalue weighted by molar-refractivity contribution is 6.41. The zero-order chi connectivity index (χ0) is 12.6. The highest BCUT2D eigenvalue weighted by Gasteiger charge is 2.23. The number of hydrogen-bond donors (Lipinski definition) is 0. The smallest absolute Gasteiger partial charge is 0.132 e. The van der Waals surface area contributed by atoms with E-state index in [-0.39, 0.29) is 5.41 Å². The molecule has 0 spiro atoms. The molecule has 0 amide bonds. The van der Waals surface area contributed by atoms with Crippen molar-refractivity contribution in [2.75, 3.05) is 0 Å². The zero-order valence-corrected chi connectivity index (χ0v) is 11.7. The Kier molecular flexibility index (Phi) is 3.24. The van der Waals surface area contributed by atoms with E-state index >= 15 is 0 Å². The van der Waals surface area contributed by atoms with E-state index in [0.717, 1.165) is 11.4 Å². The first-order valence-corrected chi connectivity index (χ1v) is 6.29. The molecule has 0 unspecified atom stereocenters. The van der Waals surface area contributed by atoms with Gasteiger partial charge in [0, 0.05) is 16.8 Å². The molecule has 0 N–H and O–H groups in total. The lowest BCUT2D eigenvalue weighted by molar-refractivity contribution is 0.557. The Bertz CT molecular complexity index is 521. The lowest BCUT2D eigenvalue weighted by Gasteiger charge is -2.22. The minimum absolute atomic E-state index is 0.00732. The maximum absolute atomic E-state index is 6.29. The first kappa shape index (κ1) is 12.5. The molecule has 2 aromatic rings. The largest absolute Gasteiger partial charge is 0.303 e. The van der Waals surface area contributed by atoms with Crippen molar-refractivity contribution >= 4 is 23.2 Å². The van der Waals surface area contributed by atoms with Crippen LogP contribution in [0.1, 0.15) is 26.5 Å². The minimum atomic E-state index is -0.00732. The second-order valence-electron chi connectivity index (χ2n) is 5.09. The van der Waals surface area contributed by atoms with E-state index in [9.17, 15) is 0 Å². The summed E-state index contributed by atoms with van der Waals surface area (Å²) in [6.07, 6.45) is 0. The maximum Gasteiger partial charge on any atom is 0.132 e. The van der Waals surface area contributed by atoms with Crippen LogP contribution in [0.5, 0.6) is 0 Å². The zero-order valence-electron chi connectivity index (χ0n) is 10.2. The third-order valence-corrected chi connectivity index (χ3v) is 3.44. The molecule has 0 aliphatic carbocycles. The number of benzene rings is 1. The summed E-state index contributed by atoms with van der Waals surface area (Å²) < 4.78 is 2.00. The summed E-state index contributed by atoms with van der Waals surface area (Å²) in [6, 6.07) is 12.0. The number of aromatic nitrogens is 1. The van der Waals surface area contributed by atoms with E-state index in [1.807, 2.05) is 41.0 Å². The molecule has 90 valence electrons. The monoisotopic (exact) mass is 267 g/mol. The molecule has 0 radical (unpaired) electrons. The fourth-order valence-electron chi connectivity index (χ4n) is 1.84. The van der Waals surface area contributed by atoms with E-state index in [4.69, 9.17) is 23.2 Å². The highest BCUT2D eigenvalue weighted by atomic mass is 35.5.